The van der Waals surface area contributed by atoms with E-state index in [1.54, 1.807) is 25.7 Å². The van der Waals surface area contributed by atoms with Gasteiger partial charge < -0.3 is 24.7 Å². The van der Waals surface area contributed by atoms with Crippen LogP contribution in [0.3, 0.4) is 0 Å². The molecule has 1 aliphatic carbocycles. The Bertz CT molecular complexity index is 1330. The SMILES string of the molecule is CN1CCN(c2ccc(S(=O)(=O)[C@@H]3C[C@@H](C(=O)NC4(C#N)CC4)N(OC(=O)OC(C)(C)C)C3)c(C(F)(F)F)c2)CC1. The summed E-state index contributed by atoms with van der Waals surface area (Å²) < 4.78 is 75.2. The van der Waals surface area contributed by atoms with Gasteiger partial charge in [-0.1, -0.05) is 0 Å². The first-order valence-electron chi connectivity index (χ1n) is 13.2. The predicted octanol–water partition coefficient (Wildman–Crippen LogP) is 2.71. The lowest BCUT2D eigenvalue weighted by molar-refractivity contribution is -0.162. The highest BCUT2D eigenvalue weighted by Crippen LogP contribution is 2.40. The van der Waals surface area contributed by atoms with E-state index in [0.29, 0.717) is 39.0 Å². The number of hydroxylamine groups is 2. The number of halogens is 3. The Balaban J connectivity index is 1.63. The minimum absolute atomic E-state index is 0.258. The molecule has 15 heteroatoms. The van der Waals surface area contributed by atoms with Gasteiger partial charge >= 0.3 is 12.3 Å². The van der Waals surface area contributed by atoms with Crippen molar-refractivity contribution in [2.45, 2.75) is 73.5 Å². The van der Waals surface area contributed by atoms with Crippen molar-refractivity contribution < 1.29 is 40.8 Å². The molecule has 1 aromatic carbocycles. The van der Waals surface area contributed by atoms with Gasteiger partial charge in [0.1, 0.15) is 17.2 Å². The van der Waals surface area contributed by atoms with Gasteiger partial charge in [0.05, 0.1) is 28.3 Å². The lowest BCUT2D eigenvalue weighted by atomic mass is 10.1. The number of nitrogens with zero attached hydrogens (tertiary/aromatic N) is 4. The molecular formula is C26H34F3N5O6S. The number of carbonyl (C=O) groups is 2. The number of nitrogens with one attached hydrogen (secondary N) is 1. The molecule has 0 aromatic heterocycles. The molecule has 2 aliphatic heterocycles. The second-order valence-electron chi connectivity index (χ2n) is 11.7. The van der Waals surface area contributed by atoms with Crippen molar-refractivity contribution in [3.63, 3.8) is 0 Å². The number of benzene rings is 1. The molecule has 226 valence electrons. The molecule has 0 unspecified atom stereocenters. The summed E-state index contributed by atoms with van der Waals surface area (Å²) in [5, 5.41) is 11.2. The van der Waals surface area contributed by atoms with E-state index < -0.39 is 73.9 Å². The maximum atomic E-state index is 14.2. The molecule has 41 heavy (non-hydrogen) atoms. The van der Waals surface area contributed by atoms with E-state index in [1.807, 2.05) is 18.0 Å². The summed E-state index contributed by atoms with van der Waals surface area (Å²) in [7, 11) is -2.77. The second-order valence-corrected chi connectivity index (χ2v) is 13.9. The van der Waals surface area contributed by atoms with Crippen LogP contribution in [0.1, 0.15) is 45.6 Å². The Morgan fingerprint density at radius 1 is 1.12 bits per heavy atom. The van der Waals surface area contributed by atoms with Gasteiger partial charge in [0.2, 0.25) is 5.91 Å². The van der Waals surface area contributed by atoms with E-state index in [2.05, 4.69) is 5.32 Å². The summed E-state index contributed by atoms with van der Waals surface area (Å²) in [5.74, 6) is -0.772. The molecule has 1 aromatic rings. The lowest BCUT2D eigenvalue weighted by Crippen LogP contribution is -2.48. The Morgan fingerprint density at radius 3 is 2.29 bits per heavy atom. The number of hydrogen-bond acceptors (Lipinski definition) is 10. The minimum Gasteiger partial charge on any atom is -0.427 e. The molecule has 1 amide bonds. The Hall–Kier alpha value is -3.09. The molecule has 3 aliphatic rings. The molecule has 11 nitrogen and oxygen atoms in total. The van der Waals surface area contributed by atoms with Crippen molar-refractivity contribution in [3.8, 4) is 6.07 Å². The van der Waals surface area contributed by atoms with Gasteiger partial charge in [-0.25, -0.2) is 13.2 Å². The fraction of sp³-hybridized carbons (Fsp3) is 0.654. The van der Waals surface area contributed by atoms with Crippen LogP contribution in [0.25, 0.3) is 0 Å². The van der Waals surface area contributed by atoms with Crippen molar-refractivity contribution >= 4 is 27.6 Å². The van der Waals surface area contributed by atoms with Crippen LogP contribution in [0, 0.1) is 11.3 Å². The van der Waals surface area contributed by atoms with Crippen LogP contribution >= 0.6 is 0 Å². The van der Waals surface area contributed by atoms with Gasteiger partial charge in [-0.05, 0) is 65.3 Å². The smallest absolute Gasteiger partial charge is 0.427 e. The summed E-state index contributed by atoms with van der Waals surface area (Å²) in [6.45, 7) is 6.41. The first-order valence-corrected chi connectivity index (χ1v) is 14.8. The van der Waals surface area contributed by atoms with Gasteiger partial charge in [-0.3, -0.25) is 4.79 Å². The summed E-state index contributed by atoms with van der Waals surface area (Å²) in [4.78, 5) is 33.6. The summed E-state index contributed by atoms with van der Waals surface area (Å²) in [6.07, 6.45) is -5.85. The molecule has 4 rings (SSSR count). The van der Waals surface area contributed by atoms with Crippen LogP contribution in [0.5, 0.6) is 0 Å². The molecule has 1 saturated carbocycles. The number of likely N-dealkylation sites (N-methyl/N-ethyl adjacent to an activating group) is 1. The van der Waals surface area contributed by atoms with E-state index in [1.165, 1.54) is 6.07 Å². The number of sulfone groups is 1. The zero-order chi connectivity index (χ0) is 30.4. The molecular weight excluding hydrogens is 567 g/mol. The van der Waals surface area contributed by atoms with Gasteiger partial charge in [-0.2, -0.15) is 18.4 Å². The highest BCUT2D eigenvalue weighted by atomic mass is 32.2. The highest BCUT2D eigenvalue weighted by Gasteiger charge is 2.51. The van der Waals surface area contributed by atoms with Crippen molar-refractivity contribution in [2.24, 2.45) is 0 Å². The average molecular weight is 602 g/mol. The average Bonchev–Trinajstić information content (AvgIpc) is 3.51. The standard InChI is InChI=1S/C26H34F3N5O6S/c1-24(2,3)39-23(36)40-34-15-18(14-20(34)22(35)31-25(16-30)7-8-25)41(37,38)21-6-5-17(13-19(21)26(27,28)29)33-11-9-32(4)10-12-33/h5-6,13,18,20H,7-12,14-15H2,1-4H3,(H,31,35)/t18-,20+/m1/s1. The third-order valence-corrected chi connectivity index (χ3v) is 9.50. The number of ether oxygens (including phenoxy) is 1. The van der Waals surface area contributed by atoms with Crippen molar-refractivity contribution in [1.29, 1.82) is 5.26 Å². The third kappa shape index (κ3) is 7.04. The maximum Gasteiger partial charge on any atom is 0.528 e. The number of amides is 1. The Kier molecular flexibility index (Phi) is 8.25. The quantitative estimate of drug-likeness (QED) is 0.486. The third-order valence-electron chi connectivity index (χ3n) is 7.31. The monoisotopic (exact) mass is 601 g/mol. The van der Waals surface area contributed by atoms with Crippen molar-refractivity contribution in [1.82, 2.24) is 15.3 Å². The zero-order valence-corrected chi connectivity index (χ0v) is 24.1. The normalized spacial score (nSPS) is 23.5. The summed E-state index contributed by atoms with van der Waals surface area (Å²) in [6, 6.07) is 3.77. The summed E-state index contributed by atoms with van der Waals surface area (Å²) in [5.41, 5.74) is -3.11. The van der Waals surface area contributed by atoms with Gasteiger partial charge in [0, 0.05) is 31.9 Å². The summed E-state index contributed by atoms with van der Waals surface area (Å²) >= 11 is 0. The van der Waals surface area contributed by atoms with E-state index in [-0.39, 0.29) is 5.69 Å². The minimum atomic E-state index is -4.97. The number of carbonyl (C=O) groups excluding carboxylic acids is 2. The van der Waals surface area contributed by atoms with Gasteiger partial charge in [-0.15, -0.1) is 5.06 Å². The number of anilines is 1. The largest absolute Gasteiger partial charge is 0.528 e. The first-order chi connectivity index (χ1) is 18.9. The molecule has 0 bridgehead atoms. The van der Waals surface area contributed by atoms with E-state index >= 15 is 0 Å². The Morgan fingerprint density at radius 2 is 1.76 bits per heavy atom. The van der Waals surface area contributed by atoms with Crippen LogP contribution < -0.4 is 10.2 Å². The van der Waals surface area contributed by atoms with Crippen LogP contribution in [0.15, 0.2) is 23.1 Å². The molecule has 3 fully saturated rings. The Labute approximate surface area is 237 Å². The first kappa shape index (κ1) is 30.9. The highest BCUT2D eigenvalue weighted by molar-refractivity contribution is 7.92. The van der Waals surface area contributed by atoms with Crippen molar-refractivity contribution in [2.75, 3.05) is 44.7 Å². The van der Waals surface area contributed by atoms with E-state index in [4.69, 9.17) is 9.57 Å². The maximum absolute atomic E-state index is 14.2. The number of piperazine rings is 1. The van der Waals surface area contributed by atoms with Crippen LogP contribution in [0.4, 0.5) is 23.7 Å². The van der Waals surface area contributed by atoms with Gasteiger partial charge in [0.15, 0.2) is 9.84 Å². The number of hydrogen-bond donors (Lipinski definition) is 1. The van der Waals surface area contributed by atoms with E-state index in [9.17, 15) is 36.4 Å². The second kappa shape index (κ2) is 11.0. The molecule has 2 saturated heterocycles. The number of nitriles is 1. The van der Waals surface area contributed by atoms with E-state index in [0.717, 1.165) is 17.2 Å². The number of rotatable bonds is 6. The van der Waals surface area contributed by atoms with Gasteiger partial charge in [0.25, 0.3) is 0 Å². The predicted molar refractivity (Wildman–Crippen MR) is 140 cm³/mol. The topological polar surface area (TPSA) is 132 Å². The van der Waals surface area contributed by atoms with Crippen LogP contribution in [-0.2, 0) is 30.4 Å². The fourth-order valence-electron chi connectivity index (χ4n) is 4.83. The number of alkyl halides is 3. The molecule has 0 spiro atoms. The molecule has 2 atom stereocenters. The molecule has 0 radical (unpaired) electrons. The molecule has 2 heterocycles. The molecule has 1 N–H and O–H groups in total. The lowest BCUT2D eigenvalue weighted by Gasteiger charge is -2.34. The zero-order valence-electron chi connectivity index (χ0n) is 23.3. The van der Waals surface area contributed by atoms with Crippen LogP contribution in [-0.4, -0.2) is 92.6 Å². The van der Waals surface area contributed by atoms with Crippen LogP contribution in [0.2, 0.25) is 0 Å². The fourth-order valence-corrected chi connectivity index (χ4v) is 6.71. The van der Waals surface area contributed by atoms with Crippen molar-refractivity contribution in [3.05, 3.63) is 23.8 Å².